The van der Waals surface area contributed by atoms with Crippen molar-refractivity contribution in [1.82, 2.24) is 18.5 Å². The molecule has 0 aliphatic rings. The summed E-state index contributed by atoms with van der Waals surface area (Å²) in [5, 5.41) is 0. The molecule has 0 saturated carbocycles. The minimum Gasteiger partial charge on any atom is -0.344 e. The number of hydrogen-bond donors (Lipinski definition) is 6. The van der Waals surface area contributed by atoms with Gasteiger partial charge >= 0.3 is 7.82 Å². The van der Waals surface area contributed by atoms with Crippen molar-refractivity contribution in [2.24, 2.45) is 0 Å². The third-order valence-electron chi connectivity index (χ3n) is 0. The molecule has 0 heterocycles. The lowest BCUT2D eigenvalue weighted by atomic mass is 14.0. The lowest BCUT2D eigenvalue weighted by Gasteiger charge is -1.82. The molecular formula is H16N3O4PSi. The zero-order valence-electron chi connectivity index (χ0n) is 4.32. The van der Waals surface area contributed by atoms with Crippen LogP contribution in [0.1, 0.15) is 0 Å². The fourth-order valence-electron chi connectivity index (χ4n) is 0. The van der Waals surface area contributed by atoms with Gasteiger partial charge < -0.3 is 33.1 Å². The Morgan fingerprint density at radius 3 is 0.889 bits per heavy atom. The fraction of sp³-hybridized carbons (Fsp3) is 0. The Balaban J connectivity index is -0.0000000133. The van der Waals surface area contributed by atoms with Crippen molar-refractivity contribution in [2.45, 2.75) is 0 Å². The maximum Gasteiger partial charge on any atom is 0.466 e. The van der Waals surface area contributed by atoms with E-state index in [4.69, 9.17) is 19.2 Å². The largest absolute Gasteiger partial charge is 0.466 e. The Kier molecular flexibility index (Phi) is 43.1. The maximum absolute atomic E-state index is 8.88. The van der Waals surface area contributed by atoms with E-state index in [-0.39, 0.29) is 29.4 Å². The van der Waals surface area contributed by atoms with E-state index in [0.29, 0.717) is 0 Å². The Morgan fingerprint density at radius 2 is 0.889 bits per heavy atom. The van der Waals surface area contributed by atoms with Crippen molar-refractivity contribution >= 4 is 18.8 Å². The predicted molar refractivity (Wildman–Crippen MR) is 40.7 cm³/mol. The molecule has 0 atom stereocenters. The van der Waals surface area contributed by atoms with Crippen molar-refractivity contribution in [3.05, 3.63) is 0 Å². The third kappa shape index (κ3) is 7390. The minimum absolute atomic E-state index is 0. The molecule has 0 aromatic carbocycles. The van der Waals surface area contributed by atoms with Crippen LogP contribution in [0.2, 0.25) is 0 Å². The first-order chi connectivity index (χ1) is 2.00. The molecule has 0 aromatic heterocycles. The average molecular weight is 181 g/mol. The highest BCUT2D eigenvalue weighted by Gasteiger charge is 2.00. The smallest absolute Gasteiger partial charge is 0.344 e. The molecule has 0 unspecified atom stereocenters. The molecule has 0 amide bonds. The molecule has 12 N–H and O–H groups in total. The molecular weight excluding hydrogens is 165 g/mol. The Hall–Kier alpha value is 0.207. The minimum atomic E-state index is -4.64. The summed E-state index contributed by atoms with van der Waals surface area (Å²) in [4.78, 5) is 21.6. The van der Waals surface area contributed by atoms with Crippen LogP contribution >= 0.6 is 7.82 Å². The quantitative estimate of drug-likeness (QED) is 0.186. The van der Waals surface area contributed by atoms with Crippen LogP contribution < -0.4 is 18.5 Å². The molecule has 0 radical (unpaired) electrons. The lowest BCUT2D eigenvalue weighted by molar-refractivity contribution is 0.275. The van der Waals surface area contributed by atoms with Gasteiger partial charge in [-0.2, -0.15) is 0 Å². The van der Waals surface area contributed by atoms with E-state index in [0.717, 1.165) is 0 Å². The van der Waals surface area contributed by atoms with Crippen LogP contribution in [0.3, 0.4) is 0 Å². The first-order valence-corrected chi connectivity index (χ1v) is 2.35. The average Bonchev–Trinajstić information content (AvgIpc) is 0.722. The van der Waals surface area contributed by atoms with Crippen LogP contribution in [0.4, 0.5) is 0 Å². The third-order valence-corrected chi connectivity index (χ3v) is 0. The zero-order chi connectivity index (χ0) is 4.50. The van der Waals surface area contributed by atoms with E-state index in [1.54, 1.807) is 0 Å². The van der Waals surface area contributed by atoms with Crippen molar-refractivity contribution in [1.29, 1.82) is 0 Å². The van der Waals surface area contributed by atoms with Gasteiger partial charge in [0.2, 0.25) is 0 Å². The topological polar surface area (TPSA) is 183 Å². The summed E-state index contributed by atoms with van der Waals surface area (Å²) in [5.74, 6) is 0. The van der Waals surface area contributed by atoms with E-state index in [1.165, 1.54) is 0 Å². The Morgan fingerprint density at radius 1 is 0.889 bits per heavy atom. The Labute approximate surface area is 57.5 Å². The van der Waals surface area contributed by atoms with Gasteiger partial charge in [-0.15, -0.1) is 0 Å². The molecule has 9 heavy (non-hydrogen) atoms. The highest BCUT2D eigenvalue weighted by atomic mass is 31.2. The maximum atomic E-state index is 8.88. The SMILES string of the molecule is N.N.N.O=P(O)(O)O.[SiH4]. The summed E-state index contributed by atoms with van der Waals surface area (Å²) in [6.45, 7) is 0. The first-order valence-electron chi connectivity index (χ1n) is 0.783. The van der Waals surface area contributed by atoms with Crippen molar-refractivity contribution in [2.75, 3.05) is 0 Å². The molecule has 0 fully saturated rings. The van der Waals surface area contributed by atoms with Crippen molar-refractivity contribution in [3.63, 3.8) is 0 Å². The first kappa shape index (κ1) is 35.0. The van der Waals surface area contributed by atoms with Crippen LogP contribution in [0, 0.1) is 0 Å². The van der Waals surface area contributed by atoms with Gasteiger partial charge in [0.05, 0.1) is 0 Å². The highest BCUT2D eigenvalue weighted by Crippen LogP contribution is 2.25. The summed E-state index contributed by atoms with van der Waals surface area (Å²) in [6, 6.07) is 0. The predicted octanol–water partition coefficient (Wildman–Crippen LogP) is -1.89. The number of hydrogen-bond acceptors (Lipinski definition) is 4. The molecule has 7 nitrogen and oxygen atoms in total. The van der Waals surface area contributed by atoms with Crippen LogP contribution in [0.25, 0.3) is 0 Å². The molecule has 0 rings (SSSR count). The molecule has 0 aliphatic heterocycles. The number of phosphoric acid groups is 1. The standard InChI is InChI=1S/3H3N.H3O4P.H4Si/c;;;1-5(2,3)4;/h3*1H3;(H3,1,2,3,4);1H4. The molecule has 0 aromatic rings. The molecule has 0 saturated heterocycles. The molecule has 0 aliphatic carbocycles. The fourth-order valence-corrected chi connectivity index (χ4v) is 0. The van der Waals surface area contributed by atoms with Gasteiger partial charge in [-0.1, -0.05) is 0 Å². The van der Waals surface area contributed by atoms with Gasteiger partial charge in [-0.25, -0.2) is 4.57 Å². The van der Waals surface area contributed by atoms with Crippen LogP contribution in [0.5, 0.6) is 0 Å². The van der Waals surface area contributed by atoms with Gasteiger partial charge in [0.25, 0.3) is 0 Å². The van der Waals surface area contributed by atoms with E-state index in [2.05, 4.69) is 0 Å². The normalized spacial score (nSPS) is 6.56. The van der Waals surface area contributed by atoms with Gasteiger partial charge in [0, 0.05) is 0 Å². The van der Waals surface area contributed by atoms with Crippen LogP contribution in [-0.2, 0) is 4.57 Å². The van der Waals surface area contributed by atoms with E-state index >= 15 is 0 Å². The summed E-state index contributed by atoms with van der Waals surface area (Å²) in [7, 11) is -4.64. The summed E-state index contributed by atoms with van der Waals surface area (Å²) >= 11 is 0. The zero-order valence-corrected chi connectivity index (χ0v) is 5.21. The van der Waals surface area contributed by atoms with Crippen molar-refractivity contribution in [3.8, 4) is 0 Å². The highest BCUT2D eigenvalue weighted by molar-refractivity contribution is 7.45. The summed E-state index contributed by atoms with van der Waals surface area (Å²) < 4.78 is 8.88. The van der Waals surface area contributed by atoms with Crippen LogP contribution in [0.15, 0.2) is 0 Å². The molecule has 0 spiro atoms. The van der Waals surface area contributed by atoms with Crippen molar-refractivity contribution < 1.29 is 19.2 Å². The van der Waals surface area contributed by atoms with Crippen LogP contribution in [-0.4, -0.2) is 25.6 Å². The lowest BCUT2D eigenvalue weighted by Crippen LogP contribution is -1.66. The van der Waals surface area contributed by atoms with Gasteiger partial charge in [0.15, 0.2) is 0 Å². The van der Waals surface area contributed by atoms with E-state index < -0.39 is 7.82 Å². The van der Waals surface area contributed by atoms with Gasteiger partial charge in [-0.05, 0) is 11.0 Å². The summed E-state index contributed by atoms with van der Waals surface area (Å²) in [6.07, 6.45) is 0. The monoisotopic (exact) mass is 181 g/mol. The second-order valence-electron chi connectivity index (χ2n) is 0.513. The second kappa shape index (κ2) is 11.1. The van der Waals surface area contributed by atoms with E-state index in [1.807, 2.05) is 0 Å². The second-order valence-corrected chi connectivity index (χ2v) is 1.54. The van der Waals surface area contributed by atoms with Gasteiger partial charge in [0.1, 0.15) is 0 Å². The van der Waals surface area contributed by atoms with E-state index in [9.17, 15) is 0 Å². The molecule has 0 bridgehead atoms. The molecule has 64 valence electrons. The number of rotatable bonds is 0. The summed E-state index contributed by atoms with van der Waals surface area (Å²) in [5.41, 5.74) is 0. The van der Waals surface area contributed by atoms with Gasteiger partial charge in [-0.3, -0.25) is 0 Å². The Bertz CT molecular complexity index is 61.9. The molecule has 9 heteroatoms.